The van der Waals surface area contributed by atoms with Crippen molar-refractivity contribution in [2.24, 2.45) is 118 Å². The Balaban J connectivity index is 0.000000148. The Morgan fingerprint density at radius 2 is 0.662 bits per heavy atom. The van der Waals surface area contributed by atoms with Crippen molar-refractivity contribution in [1.82, 2.24) is 0 Å². The van der Waals surface area contributed by atoms with E-state index in [2.05, 4.69) is 0 Å². The van der Waals surface area contributed by atoms with Crippen LogP contribution in [0.4, 0.5) is 0 Å². The summed E-state index contributed by atoms with van der Waals surface area (Å²) in [5.41, 5.74) is -1.13. The summed E-state index contributed by atoms with van der Waals surface area (Å²) in [6.45, 7) is 22.7. The van der Waals surface area contributed by atoms with Gasteiger partial charge in [0.15, 0.2) is 57.5 Å². The van der Waals surface area contributed by atoms with Gasteiger partial charge < -0.3 is 99.5 Å². The molecule has 0 aromatic heterocycles. The molecule has 0 amide bonds. The quantitative estimate of drug-likeness (QED) is 0.0682. The van der Waals surface area contributed by atoms with E-state index in [1.165, 1.54) is 14.2 Å². The lowest BCUT2D eigenvalue weighted by Gasteiger charge is -2.34. The molecular formula is C90H120O40. The third-order valence-corrected chi connectivity index (χ3v) is 28.8. The summed E-state index contributed by atoms with van der Waals surface area (Å²) >= 11 is 0. The zero-order valence-electron chi connectivity index (χ0n) is 75.9. The molecule has 9 saturated heterocycles. The van der Waals surface area contributed by atoms with Gasteiger partial charge in [-0.2, -0.15) is 0 Å². The molecule has 0 N–H and O–H groups in total. The van der Waals surface area contributed by atoms with E-state index in [0.717, 1.165) is 32.1 Å². The summed E-state index contributed by atoms with van der Waals surface area (Å²) < 4.78 is 111. The number of carbonyl (C=O) groups excluding carboxylic acids is 19. The molecule has 0 aromatic carbocycles. The Bertz CT molecular complexity index is 4240. The summed E-state index contributed by atoms with van der Waals surface area (Å²) in [4.78, 5) is 229. The summed E-state index contributed by atoms with van der Waals surface area (Å²) in [5, 5.41) is 0. The van der Waals surface area contributed by atoms with Crippen molar-refractivity contribution in [2.45, 2.75) is 283 Å². The van der Waals surface area contributed by atoms with Gasteiger partial charge in [-0.25, -0.2) is 24.0 Å². The van der Waals surface area contributed by atoms with E-state index in [0.29, 0.717) is 57.8 Å². The second kappa shape index (κ2) is 40.9. The van der Waals surface area contributed by atoms with Gasteiger partial charge in [0.2, 0.25) is 0 Å². The molecule has 34 atom stereocenters. The second-order valence-corrected chi connectivity index (χ2v) is 37.6. The van der Waals surface area contributed by atoms with E-state index in [-0.39, 0.29) is 95.2 Å². The lowest BCUT2D eigenvalue weighted by Crippen LogP contribution is -2.48. The third kappa shape index (κ3) is 20.1. The Morgan fingerprint density at radius 3 is 1.02 bits per heavy atom. The highest BCUT2D eigenvalue weighted by Gasteiger charge is 2.75. The topological polar surface area (TPSA) is 518 Å². The molecule has 9 heterocycles. The van der Waals surface area contributed by atoms with Crippen molar-refractivity contribution in [3.05, 3.63) is 0 Å². The molecule has 16 rings (SSSR count). The summed E-state index contributed by atoms with van der Waals surface area (Å²) in [6.07, 6.45) is 1.23. The zero-order valence-corrected chi connectivity index (χ0v) is 75.9. The SMILES string of the molecule is CCC(C)C(=O)OCC(=O)OC1C2CC3C(=O)OC1C3O2.CCC(C)C(=O)OCC(=O)OC1C2CC3C1OC(=O)C3C2C(=O)OC.CCC(C)C(=O)OCC(=O)OC1C2CC3C1OC(=O)C3C2C(=O)OC(C)(C)C.CCC(C)C(=O)OCC(=O)OC1C2CC3C1OC(=O)C3C2C(=O)OC1(CC)CCCC1.CCC(C)C(=O)OCC(=O)OC1C2OC(=O)C3C2OC1C3C(=O)OC. The zero-order chi connectivity index (χ0) is 94.9. The Labute approximate surface area is 750 Å². The average Bonchev–Trinajstić information content (AvgIpc) is 1.56. The van der Waals surface area contributed by atoms with Crippen LogP contribution >= 0.6 is 0 Å². The molecule has 720 valence electrons. The number of esters is 19. The van der Waals surface area contributed by atoms with Crippen molar-refractivity contribution in [3.63, 3.8) is 0 Å². The summed E-state index contributed by atoms with van der Waals surface area (Å²) in [6, 6.07) is 0. The molecule has 130 heavy (non-hydrogen) atoms. The van der Waals surface area contributed by atoms with E-state index in [1.54, 1.807) is 55.4 Å². The molecule has 34 unspecified atom stereocenters. The van der Waals surface area contributed by atoms with Gasteiger partial charge in [-0.1, -0.05) is 76.2 Å². The molecular weight excluding hydrogens is 1720 g/mol. The van der Waals surface area contributed by atoms with Gasteiger partial charge in [0.25, 0.3) is 0 Å². The number of methoxy groups -OCH3 is 2. The van der Waals surface area contributed by atoms with Crippen molar-refractivity contribution in [2.75, 3.05) is 47.3 Å². The van der Waals surface area contributed by atoms with E-state index in [4.69, 9.17) is 99.5 Å². The molecule has 9 aliphatic heterocycles. The van der Waals surface area contributed by atoms with E-state index in [1.807, 2.05) is 41.5 Å². The monoisotopic (exact) mass is 1840 g/mol. The van der Waals surface area contributed by atoms with Crippen molar-refractivity contribution < 1.29 is 191 Å². The molecule has 7 aliphatic carbocycles. The van der Waals surface area contributed by atoms with Gasteiger partial charge in [0.1, 0.15) is 78.0 Å². The maximum absolute atomic E-state index is 13.2. The Hall–Kier alpha value is -10.1. The first-order chi connectivity index (χ1) is 61.6. The fourth-order valence-corrected chi connectivity index (χ4v) is 21.1. The minimum atomic E-state index is -0.924. The highest BCUT2D eigenvalue weighted by Crippen LogP contribution is 2.63. The van der Waals surface area contributed by atoms with Crippen LogP contribution in [0.5, 0.6) is 0 Å². The maximum Gasteiger partial charge on any atom is 0.344 e. The summed E-state index contributed by atoms with van der Waals surface area (Å²) in [7, 11) is 2.48. The predicted molar refractivity (Wildman–Crippen MR) is 426 cm³/mol. The van der Waals surface area contributed by atoms with E-state index in [9.17, 15) is 91.1 Å². The average molecular weight is 1840 g/mol. The van der Waals surface area contributed by atoms with Crippen LogP contribution < -0.4 is 0 Å². The molecule has 0 spiro atoms. The number of rotatable bonds is 31. The van der Waals surface area contributed by atoms with Gasteiger partial charge >= 0.3 is 113 Å². The van der Waals surface area contributed by atoms with Crippen LogP contribution in [-0.2, 0) is 191 Å². The van der Waals surface area contributed by atoms with Crippen molar-refractivity contribution >= 4 is 113 Å². The molecule has 0 aromatic rings. The largest absolute Gasteiger partial charge is 0.469 e. The first-order valence-corrected chi connectivity index (χ1v) is 45.4. The standard InChI is InChI=1S/C23H32O8.C20H28O8.C17H22O8.C16H20O9.C14H18O7/c1-4-12(3)20(25)28-11-15(24)29-18-14-10-13-16(21(26)30-19(13)18)17(14)22(27)31-23(5-2)8-6-7-9-23;1-6-9(2)17(22)25-8-12(21)26-15-11-7-10-13(18(23)27-16(10)15)14(11)19(24)28-20(3,4)5;1-4-7(2)15(19)23-6-10(18)24-13-8-5-9-12(11(8)16(20)22-3)17(21)25-14(9)13;1-4-6(2)14(18)22-5-7(17)23-12-10-8(15(19)21-3)9-11(24-10)13(12)25-16(9)20;1-3-6(2)13(16)18-5-9(15)20-11-8-4-7-10(19-8)12(11)21-14(7)17/h12-14,16-19H,4-11H2,1-3H3;9-11,13-16H,6-8H2,1-5H3;7-9,11-14H,4-6H2,1-3H3;6,8-13H,4-5H2,1-3H3;6-8,10-12H,3-5H2,1-2H3. The highest BCUT2D eigenvalue weighted by molar-refractivity contribution is 5.91. The fourth-order valence-electron chi connectivity index (χ4n) is 21.1. The fraction of sp³-hybridized carbons (Fsp3) is 0.789. The lowest BCUT2D eigenvalue weighted by atomic mass is 9.78. The summed E-state index contributed by atoms with van der Waals surface area (Å²) in [5.74, 6) is -18.2. The van der Waals surface area contributed by atoms with E-state index < -0.39 is 266 Å². The molecule has 0 radical (unpaired) electrons. The molecule has 16 fully saturated rings. The van der Waals surface area contributed by atoms with Gasteiger partial charge in [0, 0.05) is 35.5 Å². The van der Waals surface area contributed by atoms with Crippen LogP contribution in [0, 0.1) is 118 Å². The van der Waals surface area contributed by atoms with Crippen LogP contribution in [0.25, 0.3) is 0 Å². The number of carbonyl (C=O) groups is 19. The van der Waals surface area contributed by atoms with Gasteiger partial charge in [0.05, 0.1) is 91.3 Å². The normalized spacial score (nSPS) is 35.6. The third-order valence-electron chi connectivity index (χ3n) is 28.8. The van der Waals surface area contributed by atoms with Crippen molar-refractivity contribution in [3.8, 4) is 0 Å². The van der Waals surface area contributed by atoms with Crippen LogP contribution in [-0.4, -0.2) is 257 Å². The van der Waals surface area contributed by atoms with Crippen molar-refractivity contribution in [1.29, 1.82) is 0 Å². The van der Waals surface area contributed by atoms with Gasteiger partial charge in [-0.15, -0.1) is 0 Å². The van der Waals surface area contributed by atoms with Crippen LogP contribution in [0.1, 0.15) is 187 Å². The van der Waals surface area contributed by atoms with E-state index >= 15 is 0 Å². The highest BCUT2D eigenvalue weighted by atomic mass is 16.7. The number of hydrogen-bond acceptors (Lipinski definition) is 40. The first-order valence-electron chi connectivity index (χ1n) is 45.4. The predicted octanol–water partition coefficient (Wildman–Crippen LogP) is 4.47. The number of ether oxygens (including phenoxy) is 21. The lowest BCUT2D eigenvalue weighted by molar-refractivity contribution is -0.177. The van der Waals surface area contributed by atoms with Crippen LogP contribution in [0.15, 0.2) is 0 Å². The Morgan fingerprint density at radius 1 is 0.346 bits per heavy atom. The first kappa shape index (κ1) is 98.9. The minimum absolute atomic E-state index is 0.137. The number of hydrogen-bond donors (Lipinski definition) is 0. The minimum Gasteiger partial charge on any atom is -0.469 e. The van der Waals surface area contributed by atoms with Crippen LogP contribution in [0.3, 0.4) is 0 Å². The van der Waals surface area contributed by atoms with Crippen LogP contribution in [0.2, 0.25) is 0 Å². The molecule has 10 bridgehead atoms. The maximum atomic E-state index is 13.2. The van der Waals surface area contributed by atoms with Gasteiger partial charge in [-0.05, 0) is 111 Å². The Kier molecular flexibility index (Phi) is 31.1. The molecule has 7 saturated carbocycles. The molecule has 40 heteroatoms. The smallest absolute Gasteiger partial charge is 0.344 e. The molecule has 16 aliphatic rings. The molecule has 40 nitrogen and oxygen atoms in total. The number of fused-ring (bicyclic) bond motifs is 5. The second-order valence-electron chi connectivity index (χ2n) is 37.6. The van der Waals surface area contributed by atoms with Gasteiger partial charge in [-0.3, -0.25) is 67.1 Å².